The fraction of sp³-hybridized carbons (Fsp3) is 0.0714. The first-order chi connectivity index (χ1) is 10.1. The van der Waals surface area contributed by atoms with E-state index in [1.165, 1.54) is 17.3 Å². The number of ether oxygens (including phenoxy) is 1. The van der Waals surface area contributed by atoms with Crippen LogP contribution in [0.2, 0.25) is 0 Å². The first-order valence-corrected chi connectivity index (χ1v) is 8.57. The molecule has 3 aromatic rings. The minimum atomic E-state index is -3.66. The molecule has 0 fully saturated rings. The number of nitrogens with zero attached hydrogens (tertiary/aromatic N) is 2. The van der Waals surface area contributed by atoms with Crippen LogP contribution in [-0.4, -0.2) is 24.5 Å². The van der Waals surface area contributed by atoms with Crippen molar-refractivity contribution < 1.29 is 13.2 Å². The Morgan fingerprint density at radius 1 is 1.19 bits per heavy atom. The minimum absolute atomic E-state index is 0.239. The van der Waals surface area contributed by atoms with Crippen molar-refractivity contribution in [3.05, 3.63) is 52.5 Å². The lowest BCUT2D eigenvalue weighted by molar-refractivity contribution is 0.418. The van der Waals surface area contributed by atoms with Gasteiger partial charge < -0.3 is 4.74 Å². The number of pyridine rings is 1. The quantitative estimate of drug-likeness (QED) is 0.619. The third-order valence-corrected chi connectivity index (χ3v) is 5.97. The minimum Gasteiger partial charge on any atom is -0.494 e. The van der Waals surface area contributed by atoms with E-state index < -0.39 is 10.0 Å². The highest BCUT2D eigenvalue weighted by atomic mass is 127. The number of benzene rings is 1. The number of hydrogen-bond acceptors (Lipinski definition) is 4. The maximum atomic E-state index is 12.8. The van der Waals surface area contributed by atoms with E-state index in [9.17, 15) is 8.42 Å². The van der Waals surface area contributed by atoms with Gasteiger partial charge in [-0.2, -0.15) is 0 Å². The van der Waals surface area contributed by atoms with E-state index in [1.54, 1.807) is 42.6 Å². The van der Waals surface area contributed by atoms with Crippen molar-refractivity contribution in [2.24, 2.45) is 0 Å². The van der Waals surface area contributed by atoms with Gasteiger partial charge >= 0.3 is 0 Å². The molecule has 2 aromatic heterocycles. The summed E-state index contributed by atoms with van der Waals surface area (Å²) in [5.74, 6) is 0.549. The first-order valence-electron chi connectivity index (χ1n) is 6.05. The number of hydrogen-bond donors (Lipinski definition) is 0. The maximum Gasteiger partial charge on any atom is 0.269 e. The van der Waals surface area contributed by atoms with Crippen LogP contribution in [0, 0.1) is 3.70 Å². The lowest BCUT2D eigenvalue weighted by Gasteiger charge is -2.09. The smallest absolute Gasteiger partial charge is 0.269 e. The molecule has 0 saturated carbocycles. The predicted molar refractivity (Wildman–Crippen MR) is 88.0 cm³/mol. The van der Waals surface area contributed by atoms with Crippen LogP contribution in [-0.2, 0) is 10.0 Å². The number of rotatable bonds is 3. The van der Waals surface area contributed by atoms with E-state index >= 15 is 0 Å². The molecule has 0 radical (unpaired) electrons. The zero-order chi connectivity index (χ0) is 15.0. The Morgan fingerprint density at radius 3 is 2.57 bits per heavy atom. The molecule has 0 unspecified atom stereocenters. The summed E-state index contributed by atoms with van der Waals surface area (Å²) >= 11 is 2.00. The van der Waals surface area contributed by atoms with Gasteiger partial charge in [-0.05, 0) is 40.8 Å². The summed E-state index contributed by atoms with van der Waals surface area (Å²) in [6.45, 7) is 0. The zero-order valence-corrected chi connectivity index (χ0v) is 14.0. The Labute approximate surface area is 135 Å². The molecule has 0 amide bonds. The van der Waals surface area contributed by atoms with E-state index in [4.69, 9.17) is 4.74 Å². The van der Waals surface area contributed by atoms with Crippen LogP contribution >= 0.6 is 22.6 Å². The molecule has 7 heteroatoms. The highest BCUT2D eigenvalue weighted by Gasteiger charge is 2.23. The lowest BCUT2D eigenvalue weighted by atomic mass is 10.3. The molecular formula is C14H11IN2O3S. The number of halogens is 1. The molecule has 5 nitrogen and oxygen atoms in total. The molecule has 0 atom stereocenters. The first kappa shape index (κ1) is 14.3. The molecule has 0 bridgehead atoms. The SMILES string of the molecule is COc1cncc2c1cc(I)n2S(=O)(=O)c1ccccc1. The number of methoxy groups -OCH3 is 1. The Bertz CT molecular complexity index is 905. The van der Waals surface area contributed by atoms with Crippen LogP contribution in [0.25, 0.3) is 10.9 Å². The summed E-state index contributed by atoms with van der Waals surface area (Å²) in [6, 6.07) is 10.1. The largest absolute Gasteiger partial charge is 0.494 e. The van der Waals surface area contributed by atoms with Gasteiger partial charge in [0.05, 0.1) is 33.6 Å². The van der Waals surface area contributed by atoms with E-state index in [1.807, 2.05) is 22.6 Å². The van der Waals surface area contributed by atoms with Gasteiger partial charge in [-0.15, -0.1) is 0 Å². The van der Waals surface area contributed by atoms with Gasteiger partial charge in [-0.3, -0.25) is 4.98 Å². The van der Waals surface area contributed by atoms with Gasteiger partial charge in [0.15, 0.2) is 0 Å². The Kier molecular flexibility index (Phi) is 3.62. The Morgan fingerprint density at radius 2 is 1.90 bits per heavy atom. The van der Waals surface area contributed by atoms with Crippen LogP contribution < -0.4 is 4.74 Å². The van der Waals surface area contributed by atoms with Gasteiger partial charge in [0.1, 0.15) is 5.75 Å². The van der Waals surface area contributed by atoms with Crippen LogP contribution in [0.3, 0.4) is 0 Å². The summed E-state index contributed by atoms with van der Waals surface area (Å²) in [4.78, 5) is 4.29. The summed E-state index contributed by atoms with van der Waals surface area (Å²) in [6.07, 6.45) is 3.10. The molecule has 0 aliphatic carbocycles. The monoisotopic (exact) mass is 414 g/mol. The Balaban J connectivity index is 2.34. The zero-order valence-electron chi connectivity index (χ0n) is 11.0. The average Bonchev–Trinajstić information content (AvgIpc) is 2.84. The second kappa shape index (κ2) is 5.30. The third-order valence-electron chi connectivity index (χ3n) is 3.11. The molecule has 0 saturated heterocycles. The highest BCUT2D eigenvalue weighted by molar-refractivity contribution is 14.1. The average molecular weight is 414 g/mol. The van der Waals surface area contributed by atoms with Gasteiger partial charge in [0.2, 0.25) is 0 Å². The molecule has 0 aliphatic rings. The van der Waals surface area contributed by atoms with Crippen molar-refractivity contribution in [1.29, 1.82) is 0 Å². The van der Waals surface area contributed by atoms with Gasteiger partial charge in [-0.25, -0.2) is 12.4 Å². The van der Waals surface area contributed by atoms with E-state index in [0.717, 1.165) is 5.39 Å². The van der Waals surface area contributed by atoms with Gasteiger partial charge in [-0.1, -0.05) is 18.2 Å². The van der Waals surface area contributed by atoms with Crippen molar-refractivity contribution in [2.75, 3.05) is 7.11 Å². The molecule has 0 N–H and O–H groups in total. The standard InChI is InChI=1S/C14H11IN2O3S/c1-20-13-9-16-8-12-11(13)7-14(15)17(12)21(18,19)10-5-3-2-4-6-10/h2-9H,1H3. The van der Waals surface area contributed by atoms with Crippen molar-refractivity contribution in [3.8, 4) is 5.75 Å². The second-order valence-electron chi connectivity index (χ2n) is 4.32. The maximum absolute atomic E-state index is 12.8. The van der Waals surface area contributed by atoms with Crippen LogP contribution in [0.15, 0.2) is 53.7 Å². The molecule has 0 spiro atoms. The van der Waals surface area contributed by atoms with E-state index in [2.05, 4.69) is 4.98 Å². The van der Waals surface area contributed by atoms with Gasteiger partial charge in [0, 0.05) is 5.39 Å². The topological polar surface area (TPSA) is 61.2 Å². The molecule has 0 aliphatic heterocycles. The molecular weight excluding hydrogens is 403 g/mol. The molecule has 1 aromatic carbocycles. The van der Waals surface area contributed by atoms with E-state index in [-0.39, 0.29) is 4.90 Å². The van der Waals surface area contributed by atoms with E-state index in [0.29, 0.717) is 15.0 Å². The van der Waals surface area contributed by atoms with Crippen LogP contribution in [0.1, 0.15) is 0 Å². The van der Waals surface area contributed by atoms with Crippen molar-refractivity contribution in [1.82, 2.24) is 8.96 Å². The molecule has 108 valence electrons. The number of fused-ring (bicyclic) bond motifs is 1. The van der Waals surface area contributed by atoms with Crippen molar-refractivity contribution in [2.45, 2.75) is 4.90 Å². The molecule has 21 heavy (non-hydrogen) atoms. The third kappa shape index (κ3) is 2.30. The normalized spacial score (nSPS) is 11.7. The van der Waals surface area contributed by atoms with Crippen molar-refractivity contribution >= 4 is 43.5 Å². The highest BCUT2D eigenvalue weighted by Crippen LogP contribution is 2.31. The summed E-state index contributed by atoms with van der Waals surface area (Å²) in [5, 5.41) is 0.719. The number of aromatic nitrogens is 2. The fourth-order valence-corrected chi connectivity index (χ4v) is 4.89. The Hall–Kier alpha value is -1.61. The van der Waals surface area contributed by atoms with Crippen molar-refractivity contribution in [3.63, 3.8) is 0 Å². The summed E-state index contributed by atoms with van der Waals surface area (Å²) in [5.41, 5.74) is 0.502. The summed E-state index contributed by atoms with van der Waals surface area (Å²) in [7, 11) is -2.13. The van der Waals surface area contributed by atoms with Crippen LogP contribution in [0.4, 0.5) is 0 Å². The molecule has 3 rings (SSSR count). The fourth-order valence-electron chi connectivity index (χ4n) is 2.15. The van der Waals surface area contributed by atoms with Crippen LogP contribution in [0.5, 0.6) is 5.75 Å². The predicted octanol–water partition coefficient (Wildman–Crippen LogP) is 2.89. The summed E-state index contributed by atoms with van der Waals surface area (Å²) < 4.78 is 32.7. The lowest BCUT2D eigenvalue weighted by Crippen LogP contribution is -2.14. The molecule has 2 heterocycles. The second-order valence-corrected chi connectivity index (χ2v) is 7.22. The van der Waals surface area contributed by atoms with Gasteiger partial charge in [0.25, 0.3) is 10.0 Å².